The average molecular weight is 577 g/mol. The molecular formula is C32H48O9. The molecule has 9 heteroatoms. The minimum atomic E-state index is -1.82. The molecule has 0 unspecified atom stereocenters. The minimum Gasteiger partial charge on any atom is -0.455 e. The van der Waals surface area contributed by atoms with Crippen molar-refractivity contribution in [2.45, 2.75) is 146 Å². The first-order valence-electron chi connectivity index (χ1n) is 15.6. The zero-order valence-corrected chi connectivity index (χ0v) is 25.4. The van der Waals surface area contributed by atoms with E-state index in [0.29, 0.717) is 37.9 Å². The number of cyclic esters (lactones) is 1. The van der Waals surface area contributed by atoms with Crippen LogP contribution in [0.2, 0.25) is 0 Å². The molecule has 4 N–H and O–H groups in total. The third-order valence-electron chi connectivity index (χ3n) is 13.3. The summed E-state index contributed by atoms with van der Waals surface area (Å²) >= 11 is 0. The number of carbonyl (C=O) groups excluding carboxylic acids is 2. The Hall–Kier alpha value is -1.36. The second kappa shape index (κ2) is 9.08. The van der Waals surface area contributed by atoms with Gasteiger partial charge in [-0.2, -0.15) is 0 Å². The van der Waals surface area contributed by atoms with Crippen LogP contribution in [-0.4, -0.2) is 85.6 Å². The van der Waals surface area contributed by atoms with E-state index in [-0.39, 0.29) is 36.9 Å². The highest BCUT2D eigenvalue weighted by atomic mass is 16.6. The molecule has 230 valence electrons. The second-order valence-electron chi connectivity index (χ2n) is 14.7. The van der Waals surface area contributed by atoms with Gasteiger partial charge in [-0.25, -0.2) is 4.79 Å². The number of hydrogen-bond donors (Lipinski definition) is 4. The van der Waals surface area contributed by atoms with Gasteiger partial charge in [0, 0.05) is 30.4 Å². The van der Waals surface area contributed by atoms with Crippen molar-refractivity contribution in [2.24, 2.45) is 22.7 Å². The van der Waals surface area contributed by atoms with Gasteiger partial charge < -0.3 is 34.6 Å². The number of rotatable bonds is 6. The summed E-state index contributed by atoms with van der Waals surface area (Å²) in [5, 5.41) is 48.7. The fourth-order valence-corrected chi connectivity index (χ4v) is 10.3. The number of unbranched alkanes of at least 4 members (excludes halogenated alkanes) is 1. The summed E-state index contributed by atoms with van der Waals surface area (Å²) < 4.78 is 18.0. The molecule has 0 aromatic rings. The van der Waals surface area contributed by atoms with Gasteiger partial charge >= 0.3 is 5.97 Å². The van der Waals surface area contributed by atoms with E-state index >= 15 is 0 Å². The first-order chi connectivity index (χ1) is 19.1. The van der Waals surface area contributed by atoms with E-state index in [2.05, 4.69) is 6.92 Å². The smallest absolute Gasteiger partial charge is 0.334 e. The van der Waals surface area contributed by atoms with E-state index in [9.17, 15) is 30.0 Å². The predicted octanol–water partition coefficient (Wildman–Crippen LogP) is 2.74. The van der Waals surface area contributed by atoms with Gasteiger partial charge in [0.05, 0.1) is 23.2 Å². The summed E-state index contributed by atoms with van der Waals surface area (Å²) in [7, 11) is 0. The van der Waals surface area contributed by atoms with Crippen LogP contribution in [0.25, 0.3) is 0 Å². The summed E-state index contributed by atoms with van der Waals surface area (Å²) in [6, 6.07) is 0. The Labute approximate surface area is 242 Å². The zero-order chi connectivity index (χ0) is 30.0. The standard InChI is InChI=1S/C32H48O9/c1-7-8-13-39-21-16-22(33)28(5)19-9-10-27(4)30(37,20(19)15-24-32(28,41-24)25(21)34)11-12-31(27,38)29(6,36)23-14-17(2)18(3)26(35)40-23/h19-21,23-25,34,36-38H,7-16H2,1-6H3/t19-,20+,21-,23+,24+,25-,27-,28-,29-,30+,31-,32-/m0/s1. The number of ketones is 1. The fraction of sp³-hybridized carbons (Fsp3) is 0.875. The van der Waals surface area contributed by atoms with E-state index in [1.807, 2.05) is 20.8 Å². The third-order valence-corrected chi connectivity index (χ3v) is 13.3. The Bertz CT molecular complexity index is 1180. The van der Waals surface area contributed by atoms with Crippen molar-refractivity contribution < 1.29 is 44.2 Å². The quantitative estimate of drug-likeness (QED) is 0.213. The van der Waals surface area contributed by atoms with Crippen LogP contribution in [0.3, 0.4) is 0 Å². The molecule has 0 aromatic heterocycles. The van der Waals surface area contributed by atoms with Gasteiger partial charge in [0.1, 0.15) is 34.8 Å². The molecule has 6 aliphatic rings. The molecule has 1 saturated heterocycles. The molecule has 4 saturated carbocycles. The Kier molecular flexibility index (Phi) is 6.58. The van der Waals surface area contributed by atoms with Gasteiger partial charge in [0.15, 0.2) is 0 Å². The van der Waals surface area contributed by atoms with Crippen LogP contribution < -0.4 is 0 Å². The van der Waals surface area contributed by atoms with E-state index in [4.69, 9.17) is 14.2 Å². The molecule has 1 spiro atoms. The molecule has 6 rings (SSSR count). The highest BCUT2D eigenvalue weighted by Crippen LogP contribution is 2.75. The lowest BCUT2D eigenvalue weighted by molar-refractivity contribution is -0.284. The Morgan fingerprint density at radius 1 is 1.07 bits per heavy atom. The van der Waals surface area contributed by atoms with Gasteiger partial charge in [-0.3, -0.25) is 4.79 Å². The van der Waals surface area contributed by atoms with Gasteiger partial charge in [-0.1, -0.05) is 25.8 Å². The molecule has 2 aliphatic heterocycles. The maximum absolute atomic E-state index is 14.0. The number of aliphatic hydroxyl groups is 4. The summed E-state index contributed by atoms with van der Waals surface area (Å²) in [6.07, 6.45) is 1.03. The van der Waals surface area contributed by atoms with Crippen LogP contribution in [0.4, 0.5) is 0 Å². The molecule has 2 heterocycles. The Balaban J connectivity index is 1.32. The molecule has 9 nitrogen and oxygen atoms in total. The number of ether oxygens (including phenoxy) is 3. The minimum absolute atomic E-state index is 0.000655. The van der Waals surface area contributed by atoms with Gasteiger partial charge in [0.25, 0.3) is 0 Å². The number of esters is 1. The molecular weight excluding hydrogens is 528 g/mol. The van der Waals surface area contributed by atoms with Crippen LogP contribution in [0.15, 0.2) is 11.1 Å². The van der Waals surface area contributed by atoms with Crippen molar-refractivity contribution in [3.05, 3.63) is 11.1 Å². The first kappa shape index (κ1) is 29.7. The number of Topliss-reactive ketones (excluding diaryl/α,β-unsaturated/α-hetero) is 1. The third kappa shape index (κ3) is 3.39. The summed E-state index contributed by atoms with van der Waals surface area (Å²) in [4.78, 5) is 26.5. The number of epoxide rings is 1. The summed E-state index contributed by atoms with van der Waals surface area (Å²) in [5.74, 6) is -1.13. The molecule has 41 heavy (non-hydrogen) atoms. The van der Waals surface area contributed by atoms with E-state index < -0.39 is 63.6 Å². The molecule has 0 amide bonds. The molecule has 0 aromatic carbocycles. The summed E-state index contributed by atoms with van der Waals surface area (Å²) in [6.45, 7) is 11.3. The second-order valence-corrected chi connectivity index (χ2v) is 14.7. The van der Waals surface area contributed by atoms with Crippen LogP contribution in [0.5, 0.6) is 0 Å². The number of fused-ring (bicyclic) bond motifs is 4. The van der Waals surface area contributed by atoms with Crippen molar-refractivity contribution in [1.29, 1.82) is 0 Å². The predicted molar refractivity (Wildman–Crippen MR) is 148 cm³/mol. The van der Waals surface area contributed by atoms with Crippen molar-refractivity contribution in [1.82, 2.24) is 0 Å². The van der Waals surface area contributed by atoms with Crippen molar-refractivity contribution >= 4 is 11.8 Å². The lowest BCUT2D eigenvalue weighted by Gasteiger charge is -2.64. The van der Waals surface area contributed by atoms with Gasteiger partial charge in [-0.15, -0.1) is 0 Å². The summed E-state index contributed by atoms with van der Waals surface area (Å²) in [5.41, 5.74) is -6.79. The molecule has 12 atom stereocenters. The van der Waals surface area contributed by atoms with Gasteiger partial charge in [-0.05, 0) is 78.1 Å². The SMILES string of the molecule is CCCCO[C@H]1CC(=O)[C@]2(C)[C@H]3CC[C@]4(C)[C@](O)([C@@](C)(O)[C@H]5CC(C)=C(C)C(=O)O5)CC[C@@]4(O)[C@@H]3C[C@H]3O[C@]32[C@H]1O. The van der Waals surface area contributed by atoms with Crippen LogP contribution in [-0.2, 0) is 23.8 Å². The number of carbonyl (C=O) groups is 2. The number of aliphatic hydroxyl groups excluding tert-OH is 1. The van der Waals surface area contributed by atoms with E-state index in [1.165, 1.54) is 6.92 Å². The molecule has 4 aliphatic carbocycles. The zero-order valence-electron chi connectivity index (χ0n) is 25.4. The lowest BCUT2D eigenvalue weighted by Crippen LogP contribution is -2.74. The van der Waals surface area contributed by atoms with E-state index in [0.717, 1.165) is 18.4 Å². The van der Waals surface area contributed by atoms with E-state index in [1.54, 1.807) is 6.92 Å². The molecule has 5 fully saturated rings. The van der Waals surface area contributed by atoms with Crippen LogP contribution >= 0.6 is 0 Å². The van der Waals surface area contributed by atoms with Gasteiger partial charge in [0.2, 0.25) is 0 Å². The Morgan fingerprint density at radius 2 is 1.78 bits per heavy atom. The first-order valence-corrected chi connectivity index (χ1v) is 15.6. The molecule has 0 radical (unpaired) electrons. The van der Waals surface area contributed by atoms with Crippen LogP contribution in [0, 0.1) is 22.7 Å². The molecule has 0 bridgehead atoms. The lowest BCUT2D eigenvalue weighted by atomic mass is 9.41. The van der Waals surface area contributed by atoms with Crippen molar-refractivity contribution in [2.75, 3.05) is 6.61 Å². The fourth-order valence-electron chi connectivity index (χ4n) is 10.3. The average Bonchev–Trinajstić information content (AvgIpc) is 3.61. The Morgan fingerprint density at radius 3 is 2.44 bits per heavy atom. The number of hydrogen-bond acceptors (Lipinski definition) is 9. The maximum Gasteiger partial charge on any atom is 0.334 e. The maximum atomic E-state index is 14.0. The monoisotopic (exact) mass is 576 g/mol. The van der Waals surface area contributed by atoms with Crippen LogP contribution in [0.1, 0.15) is 99.3 Å². The highest BCUT2D eigenvalue weighted by Gasteiger charge is 2.85. The topological polar surface area (TPSA) is 146 Å². The highest BCUT2D eigenvalue weighted by molar-refractivity contribution is 5.90. The van der Waals surface area contributed by atoms with Crippen molar-refractivity contribution in [3.63, 3.8) is 0 Å². The normalized spacial score (nSPS) is 52.1. The largest absolute Gasteiger partial charge is 0.455 e. The van der Waals surface area contributed by atoms with Crippen molar-refractivity contribution in [3.8, 4) is 0 Å².